The van der Waals surface area contributed by atoms with E-state index in [0.717, 1.165) is 26.9 Å². The number of ether oxygens (including phenoxy) is 2. The van der Waals surface area contributed by atoms with Crippen molar-refractivity contribution in [1.29, 1.82) is 0 Å². The number of hydrogen-bond donors (Lipinski definition) is 2. The second-order valence-electron chi connectivity index (χ2n) is 6.74. The standard InChI is InChI=1S/C23H21BrFN3O2/c1-29-21-11-10-17(24)16(23(21)30-14-15-6-2-3-7-18(15)25)12-26-13-22-27-19-8-4-5-9-20(19)28-22/h2-11,26H,12-14H2,1H3,(H,27,28). The van der Waals surface area contributed by atoms with Crippen molar-refractivity contribution in [1.82, 2.24) is 15.3 Å². The summed E-state index contributed by atoms with van der Waals surface area (Å²) in [4.78, 5) is 7.88. The second-order valence-corrected chi connectivity index (χ2v) is 7.60. The number of H-pyrrole nitrogens is 1. The first-order valence-corrected chi connectivity index (χ1v) is 10.3. The molecule has 0 aliphatic heterocycles. The first kappa shape index (κ1) is 20.4. The fourth-order valence-corrected chi connectivity index (χ4v) is 3.68. The lowest BCUT2D eigenvalue weighted by molar-refractivity contribution is 0.275. The largest absolute Gasteiger partial charge is 0.493 e. The normalized spacial score (nSPS) is 11.0. The van der Waals surface area contributed by atoms with E-state index in [2.05, 4.69) is 31.2 Å². The topological polar surface area (TPSA) is 59.2 Å². The Kier molecular flexibility index (Phi) is 6.30. The van der Waals surface area contributed by atoms with Gasteiger partial charge in [-0.3, -0.25) is 0 Å². The van der Waals surface area contributed by atoms with Gasteiger partial charge in [0.2, 0.25) is 0 Å². The van der Waals surface area contributed by atoms with E-state index in [4.69, 9.17) is 9.47 Å². The van der Waals surface area contributed by atoms with Crippen molar-refractivity contribution in [2.45, 2.75) is 19.7 Å². The molecule has 0 atom stereocenters. The molecule has 2 N–H and O–H groups in total. The number of nitrogens with one attached hydrogen (secondary N) is 2. The molecule has 3 aromatic carbocycles. The summed E-state index contributed by atoms with van der Waals surface area (Å²) < 4.78 is 26.3. The molecule has 7 heteroatoms. The number of halogens is 2. The third kappa shape index (κ3) is 4.47. The summed E-state index contributed by atoms with van der Waals surface area (Å²) in [6.07, 6.45) is 0. The van der Waals surface area contributed by atoms with Crippen molar-refractivity contribution in [3.05, 3.63) is 87.9 Å². The van der Waals surface area contributed by atoms with E-state index in [1.54, 1.807) is 25.3 Å². The number of hydrogen-bond acceptors (Lipinski definition) is 4. The lowest BCUT2D eigenvalue weighted by Gasteiger charge is -2.17. The van der Waals surface area contributed by atoms with Gasteiger partial charge in [0.1, 0.15) is 18.2 Å². The van der Waals surface area contributed by atoms with Crippen LogP contribution >= 0.6 is 15.9 Å². The highest BCUT2D eigenvalue weighted by molar-refractivity contribution is 9.10. The van der Waals surface area contributed by atoms with E-state index in [-0.39, 0.29) is 12.4 Å². The molecule has 30 heavy (non-hydrogen) atoms. The van der Waals surface area contributed by atoms with E-state index < -0.39 is 0 Å². The molecule has 5 nitrogen and oxygen atoms in total. The molecular weight excluding hydrogens is 449 g/mol. The lowest BCUT2D eigenvalue weighted by atomic mass is 10.1. The Morgan fingerprint density at radius 3 is 2.63 bits per heavy atom. The van der Waals surface area contributed by atoms with Crippen molar-refractivity contribution in [2.75, 3.05) is 7.11 Å². The summed E-state index contributed by atoms with van der Waals surface area (Å²) in [5.74, 6) is 1.72. The molecule has 0 amide bonds. The van der Waals surface area contributed by atoms with Crippen LogP contribution in [0.4, 0.5) is 4.39 Å². The highest BCUT2D eigenvalue weighted by Gasteiger charge is 2.16. The van der Waals surface area contributed by atoms with Crippen LogP contribution in [0.1, 0.15) is 17.0 Å². The number of nitrogens with zero attached hydrogens (tertiary/aromatic N) is 1. The third-order valence-corrected chi connectivity index (χ3v) is 5.49. The van der Waals surface area contributed by atoms with E-state index in [1.807, 2.05) is 36.4 Å². The van der Waals surface area contributed by atoms with Crippen molar-refractivity contribution in [2.24, 2.45) is 0 Å². The van der Waals surface area contributed by atoms with Crippen LogP contribution in [-0.2, 0) is 19.7 Å². The Morgan fingerprint density at radius 2 is 1.83 bits per heavy atom. The van der Waals surface area contributed by atoms with Crippen LogP contribution in [0, 0.1) is 5.82 Å². The summed E-state index contributed by atoms with van der Waals surface area (Å²) in [5, 5.41) is 3.39. The van der Waals surface area contributed by atoms with E-state index >= 15 is 0 Å². The van der Waals surface area contributed by atoms with Crippen LogP contribution in [0.2, 0.25) is 0 Å². The van der Waals surface area contributed by atoms with Crippen molar-refractivity contribution in [3.8, 4) is 11.5 Å². The minimum absolute atomic E-state index is 0.107. The van der Waals surface area contributed by atoms with Gasteiger partial charge in [0.15, 0.2) is 11.5 Å². The molecule has 0 saturated heterocycles. The average Bonchev–Trinajstić information content (AvgIpc) is 3.17. The van der Waals surface area contributed by atoms with Gasteiger partial charge in [-0.2, -0.15) is 0 Å². The predicted octanol–water partition coefficient (Wildman–Crippen LogP) is 5.34. The van der Waals surface area contributed by atoms with Crippen LogP contribution in [0.25, 0.3) is 11.0 Å². The van der Waals surface area contributed by atoms with Gasteiger partial charge in [-0.05, 0) is 30.3 Å². The molecule has 0 aliphatic rings. The number of methoxy groups -OCH3 is 1. The number of imidazole rings is 1. The van der Waals surface area contributed by atoms with Crippen molar-refractivity contribution in [3.63, 3.8) is 0 Å². The van der Waals surface area contributed by atoms with E-state index in [9.17, 15) is 4.39 Å². The van der Waals surface area contributed by atoms with Crippen LogP contribution in [-0.4, -0.2) is 17.1 Å². The maximum absolute atomic E-state index is 14.0. The van der Waals surface area contributed by atoms with Gasteiger partial charge in [-0.1, -0.05) is 46.3 Å². The van der Waals surface area contributed by atoms with Gasteiger partial charge in [0.25, 0.3) is 0 Å². The number of fused-ring (bicyclic) bond motifs is 1. The molecule has 0 spiro atoms. The summed E-state index contributed by atoms with van der Waals surface area (Å²) in [6, 6.07) is 18.2. The first-order valence-electron chi connectivity index (χ1n) is 9.51. The van der Waals surface area contributed by atoms with Gasteiger partial charge in [-0.25, -0.2) is 9.37 Å². The molecule has 0 unspecified atom stereocenters. The monoisotopic (exact) mass is 469 g/mol. The van der Waals surface area contributed by atoms with Gasteiger partial charge in [0.05, 0.1) is 24.7 Å². The predicted molar refractivity (Wildman–Crippen MR) is 118 cm³/mol. The number of para-hydroxylation sites is 2. The van der Waals surface area contributed by atoms with Crippen molar-refractivity contribution >= 4 is 27.0 Å². The van der Waals surface area contributed by atoms with Crippen LogP contribution in [0.5, 0.6) is 11.5 Å². The number of aromatic amines is 1. The highest BCUT2D eigenvalue weighted by Crippen LogP contribution is 2.37. The number of rotatable bonds is 8. The smallest absolute Gasteiger partial charge is 0.167 e. The molecule has 0 fully saturated rings. The number of benzene rings is 3. The summed E-state index contributed by atoms with van der Waals surface area (Å²) >= 11 is 3.59. The molecule has 0 bridgehead atoms. The Labute approximate surface area is 182 Å². The first-order chi connectivity index (χ1) is 14.7. The molecular formula is C23H21BrFN3O2. The molecule has 4 aromatic rings. The minimum Gasteiger partial charge on any atom is -0.493 e. The summed E-state index contributed by atoms with van der Waals surface area (Å²) in [7, 11) is 1.59. The van der Waals surface area contributed by atoms with Crippen LogP contribution in [0.3, 0.4) is 0 Å². The van der Waals surface area contributed by atoms with Crippen molar-refractivity contribution < 1.29 is 13.9 Å². The SMILES string of the molecule is COc1ccc(Br)c(CNCc2nc3ccccc3[nH]2)c1OCc1ccccc1F. The average molecular weight is 470 g/mol. The maximum Gasteiger partial charge on any atom is 0.167 e. The lowest BCUT2D eigenvalue weighted by Crippen LogP contribution is -2.15. The second kappa shape index (κ2) is 9.28. The van der Waals surface area contributed by atoms with Gasteiger partial charge in [0, 0.05) is 22.1 Å². The zero-order chi connectivity index (χ0) is 20.9. The molecule has 0 aliphatic carbocycles. The maximum atomic E-state index is 14.0. The summed E-state index contributed by atoms with van der Waals surface area (Å²) in [5.41, 5.74) is 3.32. The van der Waals surface area contributed by atoms with Gasteiger partial charge >= 0.3 is 0 Å². The van der Waals surface area contributed by atoms with Gasteiger partial charge in [-0.15, -0.1) is 0 Å². The fourth-order valence-electron chi connectivity index (χ4n) is 3.23. The number of aromatic nitrogens is 2. The quantitative estimate of drug-likeness (QED) is 0.365. The van der Waals surface area contributed by atoms with Crippen LogP contribution < -0.4 is 14.8 Å². The van der Waals surface area contributed by atoms with E-state index in [1.165, 1.54) is 6.07 Å². The van der Waals surface area contributed by atoms with E-state index in [0.29, 0.717) is 30.2 Å². The van der Waals surface area contributed by atoms with Crippen LogP contribution in [0.15, 0.2) is 65.1 Å². The Hall–Kier alpha value is -2.90. The minimum atomic E-state index is -0.295. The molecule has 1 aromatic heterocycles. The molecule has 154 valence electrons. The third-order valence-electron chi connectivity index (χ3n) is 4.75. The molecule has 1 heterocycles. The molecule has 0 radical (unpaired) electrons. The molecule has 4 rings (SSSR count). The Balaban J connectivity index is 1.50. The Bertz CT molecular complexity index is 1130. The zero-order valence-electron chi connectivity index (χ0n) is 16.4. The molecule has 0 saturated carbocycles. The Morgan fingerprint density at radius 1 is 1.03 bits per heavy atom. The fraction of sp³-hybridized carbons (Fsp3) is 0.174. The van der Waals surface area contributed by atoms with Gasteiger partial charge < -0.3 is 19.8 Å². The zero-order valence-corrected chi connectivity index (χ0v) is 18.0. The summed E-state index contributed by atoms with van der Waals surface area (Å²) in [6.45, 7) is 1.18. The highest BCUT2D eigenvalue weighted by atomic mass is 79.9.